The standard InChI is InChI=1S/C19H23F3N6O/c1-3-12-29-15-7-5-4-6-14(15)13-27-17(23-2)25-10-11-26-18-24-9-8-16(28-18)19(20,21)22/h3-9H,1,10-13H2,2H3,(H2,23,25,27)(H,24,26,28). The average molecular weight is 408 g/mol. The lowest BCUT2D eigenvalue weighted by molar-refractivity contribution is -0.141. The molecule has 2 aromatic rings. The Morgan fingerprint density at radius 3 is 2.72 bits per heavy atom. The van der Waals surface area contributed by atoms with Gasteiger partial charge in [0.15, 0.2) is 5.96 Å². The van der Waals surface area contributed by atoms with Gasteiger partial charge in [-0.25, -0.2) is 9.97 Å². The molecule has 3 N–H and O–H groups in total. The monoisotopic (exact) mass is 408 g/mol. The average Bonchev–Trinajstić information content (AvgIpc) is 2.72. The molecule has 0 radical (unpaired) electrons. The lowest BCUT2D eigenvalue weighted by atomic mass is 10.2. The SMILES string of the molecule is C=CCOc1ccccc1CNC(=NC)NCCNc1nccc(C(F)(F)F)n1. The molecule has 0 bridgehead atoms. The summed E-state index contributed by atoms with van der Waals surface area (Å²) in [6.07, 6.45) is -1.76. The number of nitrogens with zero attached hydrogens (tertiary/aromatic N) is 3. The fourth-order valence-corrected chi connectivity index (χ4v) is 2.30. The zero-order valence-electron chi connectivity index (χ0n) is 16.0. The molecule has 0 unspecified atom stereocenters. The number of anilines is 1. The Morgan fingerprint density at radius 1 is 1.21 bits per heavy atom. The number of aliphatic imine (C=N–C) groups is 1. The van der Waals surface area contributed by atoms with Crippen molar-refractivity contribution >= 4 is 11.9 Å². The highest BCUT2D eigenvalue weighted by Gasteiger charge is 2.32. The first-order valence-electron chi connectivity index (χ1n) is 8.84. The predicted molar refractivity (Wildman–Crippen MR) is 106 cm³/mol. The van der Waals surface area contributed by atoms with E-state index in [2.05, 4.69) is 37.5 Å². The molecule has 0 fully saturated rings. The van der Waals surface area contributed by atoms with Crippen molar-refractivity contribution in [2.45, 2.75) is 12.7 Å². The molecule has 1 aromatic carbocycles. The van der Waals surface area contributed by atoms with Crippen molar-refractivity contribution in [3.63, 3.8) is 0 Å². The molecular weight excluding hydrogens is 385 g/mol. The molecule has 0 spiro atoms. The van der Waals surface area contributed by atoms with Gasteiger partial charge in [0, 0.05) is 38.4 Å². The molecule has 0 aliphatic heterocycles. The summed E-state index contributed by atoms with van der Waals surface area (Å²) in [6, 6.07) is 8.43. The second kappa shape index (κ2) is 10.9. The fraction of sp³-hybridized carbons (Fsp3) is 0.316. The third-order valence-electron chi connectivity index (χ3n) is 3.65. The predicted octanol–water partition coefficient (Wildman–Crippen LogP) is 2.84. The Bertz CT molecular complexity index is 826. The van der Waals surface area contributed by atoms with Gasteiger partial charge in [-0.3, -0.25) is 4.99 Å². The minimum absolute atomic E-state index is 0.0853. The molecule has 156 valence electrons. The quantitative estimate of drug-likeness (QED) is 0.256. The Morgan fingerprint density at radius 2 is 2.00 bits per heavy atom. The highest BCUT2D eigenvalue weighted by molar-refractivity contribution is 5.79. The molecule has 1 heterocycles. The van der Waals surface area contributed by atoms with E-state index in [1.165, 1.54) is 0 Å². The molecule has 0 aliphatic rings. The number of aromatic nitrogens is 2. The van der Waals surface area contributed by atoms with Crippen molar-refractivity contribution in [3.8, 4) is 5.75 Å². The largest absolute Gasteiger partial charge is 0.489 e. The summed E-state index contributed by atoms with van der Waals surface area (Å²) >= 11 is 0. The lowest BCUT2D eigenvalue weighted by Gasteiger charge is -2.14. The van der Waals surface area contributed by atoms with Crippen molar-refractivity contribution in [1.82, 2.24) is 20.6 Å². The number of alkyl halides is 3. The highest BCUT2D eigenvalue weighted by atomic mass is 19.4. The molecule has 10 heteroatoms. The number of rotatable bonds is 9. The van der Waals surface area contributed by atoms with E-state index in [0.29, 0.717) is 32.2 Å². The van der Waals surface area contributed by atoms with Gasteiger partial charge < -0.3 is 20.7 Å². The van der Waals surface area contributed by atoms with Gasteiger partial charge in [-0.15, -0.1) is 0 Å². The van der Waals surface area contributed by atoms with Crippen LogP contribution in [0.1, 0.15) is 11.3 Å². The maximum Gasteiger partial charge on any atom is 0.433 e. The van der Waals surface area contributed by atoms with Crippen molar-refractivity contribution in [2.24, 2.45) is 4.99 Å². The van der Waals surface area contributed by atoms with E-state index in [4.69, 9.17) is 4.74 Å². The molecular formula is C19H23F3N6O. The Balaban J connectivity index is 1.80. The van der Waals surface area contributed by atoms with Crippen LogP contribution in [0.2, 0.25) is 0 Å². The van der Waals surface area contributed by atoms with E-state index in [1.54, 1.807) is 13.1 Å². The highest BCUT2D eigenvalue weighted by Crippen LogP contribution is 2.27. The molecule has 0 atom stereocenters. The second-order valence-electron chi connectivity index (χ2n) is 5.75. The van der Waals surface area contributed by atoms with E-state index in [0.717, 1.165) is 23.6 Å². The van der Waals surface area contributed by atoms with E-state index in [1.807, 2.05) is 24.3 Å². The molecule has 2 rings (SSSR count). The van der Waals surface area contributed by atoms with Gasteiger partial charge in [-0.2, -0.15) is 13.2 Å². The minimum atomic E-state index is -4.50. The van der Waals surface area contributed by atoms with E-state index >= 15 is 0 Å². The number of hydrogen-bond acceptors (Lipinski definition) is 5. The van der Waals surface area contributed by atoms with Crippen molar-refractivity contribution in [1.29, 1.82) is 0 Å². The number of hydrogen-bond donors (Lipinski definition) is 3. The number of benzene rings is 1. The first-order chi connectivity index (χ1) is 13.9. The maximum atomic E-state index is 12.7. The number of ether oxygens (including phenoxy) is 1. The molecule has 0 amide bonds. The van der Waals surface area contributed by atoms with Crippen molar-refractivity contribution in [2.75, 3.05) is 32.1 Å². The van der Waals surface area contributed by atoms with Crippen LogP contribution in [-0.2, 0) is 12.7 Å². The van der Waals surface area contributed by atoms with Crippen LogP contribution in [0, 0.1) is 0 Å². The number of nitrogens with one attached hydrogen (secondary N) is 3. The van der Waals surface area contributed by atoms with Crippen molar-refractivity contribution < 1.29 is 17.9 Å². The Hall–Kier alpha value is -3.30. The van der Waals surface area contributed by atoms with Crippen LogP contribution in [-0.4, -0.2) is 42.7 Å². The molecule has 7 nitrogen and oxygen atoms in total. The second-order valence-corrected chi connectivity index (χ2v) is 5.75. The summed E-state index contributed by atoms with van der Waals surface area (Å²) in [5, 5.41) is 8.96. The number of guanidine groups is 1. The summed E-state index contributed by atoms with van der Waals surface area (Å²) in [5.41, 5.74) is -0.0365. The minimum Gasteiger partial charge on any atom is -0.489 e. The lowest BCUT2D eigenvalue weighted by Crippen LogP contribution is -2.39. The first kappa shape index (κ1) is 22.0. The maximum absolute atomic E-state index is 12.7. The Kier molecular flexibility index (Phi) is 8.26. The molecule has 29 heavy (non-hydrogen) atoms. The third-order valence-corrected chi connectivity index (χ3v) is 3.65. The van der Waals surface area contributed by atoms with Crippen LogP contribution < -0.4 is 20.7 Å². The van der Waals surface area contributed by atoms with Crippen molar-refractivity contribution in [3.05, 3.63) is 60.4 Å². The van der Waals surface area contributed by atoms with Crippen LogP contribution in [0.5, 0.6) is 5.75 Å². The number of para-hydroxylation sites is 1. The van der Waals surface area contributed by atoms with Crippen LogP contribution in [0.4, 0.5) is 19.1 Å². The molecule has 0 aliphatic carbocycles. The zero-order valence-corrected chi connectivity index (χ0v) is 16.0. The summed E-state index contributed by atoms with van der Waals surface area (Å²) in [5.74, 6) is 1.20. The molecule has 0 saturated carbocycles. The third kappa shape index (κ3) is 7.32. The van der Waals surface area contributed by atoms with Crippen LogP contribution >= 0.6 is 0 Å². The summed E-state index contributed by atoms with van der Waals surface area (Å²) < 4.78 is 43.6. The Labute approximate surface area is 167 Å². The van der Waals surface area contributed by atoms with E-state index in [-0.39, 0.29) is 5.95 Å². The topological polar surface area (TPSA) is 83.5 Å². The van der Waals surface area contributed by atoms with Gasteiger partial charge in [0.2, 0.25) is 5.95 Å². The first-order valence-corrected chi connectivity index (χ1v) is 8.84. The van der Waals surface area contributed by atoms with Crippen LogP contribution in [0.25, 0.3) is 0 Å². The normalized spacial score (nSPS) is 11.7. The van der Waals surface area contributed by atoms with E-state index < -0.39 is 11.9 Å². The summed E-state index contributed by atoms with van der Waals surface area (Å²) in [6.45, 7) is 5.23. The van der Waals surface area contributed by atoms with Crippen LogP contribution in [0.15, 0.2) is 54.2 Å². The van der Waals surface area contributed by atoms with Gasteiger partial charge in [0.05, 0.1) is 0 Å². The van der Waals surface area contributed by atoms with Gasteiger partial charge in [-0.1, -0.05) is 30.9 Å². The molecule has 1 aromatic heterocycles. The van der Waals surface area contributed by atoms with Crippen LogP contribution in [0.3, 0.4) is 0 Å². The van der Waals surface area contributed by atoms with Gasteiger partial charge in [0.25, 0.3) is 0 Å². The fourth-order valence-electron chi connectivity index (χ4n) is 2.30. The zero-order chi connectivity index (χ0) is 21.1. The van der Waals surface area contributed by atoms with Gasteiger partial charge in [0.1, 0.15) is 18.1 Å². The smallest absolute Gasteiger partial charge is 0.433 e. The summed E-state index contributed by atoms with van der Waals surface area (Å²) in [4.78, 5) is 11.3. The molecule has 0 saturated heterocycles. The van der Waals surface area contributed by atoms with Gasteiger partial charge in [-0.05, 0) is 12.1 Å². The van der Waals surface area contributed by atoms with Gasteiger partial charge >= 0.3 is 6.18 Å². The van der Waals surface area contributed by atoms with E-state index in [9.17, 15) is 13.2 Å². The number of halogens is 3. The summed E-state index contributed by atoms with van der Waals surface area (Å²) in [7, 11) is 1.62.